The lowest BCUT2D eigenvalue weighted by molar-refractivity contribution is -0.137. The van der Waals surface area contributed by atoms with Gasteiger partial charge in [0.05, 0.1) is 31.0 Å². The quantitative estimate of drug-likeness (QED) is 0.375. The maximum absolute atomic E-state index is 13.3. The Kier molecular flexibility index (Phi) is 4.57. The van der Waals surface area contributed by atoms with Crippen molar-refractivity contribution >= 4 is 21.7 Å². The lowest BCUT2D eigenvalue weighted by Gasteiger charge is -2.15. The number of aryl methyl sites for hydroxylation is 1. The van der Waals surface area contributed by atoms with E-state index in [4.69, 9.17) is 9.47 Å². The molecule has 6 heteroatoms. The maximum Gasteiger partial charge on any atom is 0.416 e. The maximum atomic E-state index is 13.3. The fourth-order valence-electron chi connectivity index (χ4n) is 3.44. The summed E-state index contributed by atoms with van der Waals surface area (Å²) in [4.78, 5) is 4.61. The minimum atomic E-state index is -4.44. The Bertz CT molecular complexity index is 1220. The van der Waals surface area contributed by atoms with E-state index in [2.05, 4.69) is 4.98 Å². The molecule has 0 aliphatic carbocycles. The lowest BCUT2D eigenvalue weighted by Crippen LogP contribution is -2.05. The van der Waals surface area contributed by atoms with E-state index in [1.165, 1.54) is 13.2 Å². The van der Waals surface area contributed by atoms with Crippen LogP contribution >= 0.6 is 0 Å². The third-order valence-corrected chi connectivity index (χ3v) is 4.95. The van der Waals surface area contributed by atoms with Crippen LogP contribution < -0.4 is 9.47 Å². The summed E-state index contributed by atoms with van der Waals surface area (Å²) in [6, 6.07) is 14.9. The van der Waals surface area contributed by atoms with Crippen molar-refractivity contribution in [3.05, 3.63) is 65.7 Å². The molecule has 0 aliphatic heterocycles. The van der Waals surface area contributed by atoms with Crippen molar-refractivity contribution in [1.29, 1.82) is 0 Å². The van der Waals surface area contributed by atoms with Gasteiger partial charge in [0.1, 0.15) is 0 Å². The third kappa shape index (κ3) is 3.35. The summed E-state index contributed by atoms with van der Waals surface area (Å²) in [6.07, 6.45) is -4.44. The van der Waals surface area contributed by atoms with Crippen LogP contribution in [0.3, 0.4) is 0 Å². The molecule has 0 radical (unpaired) electrons. The fourth-order valence-corrected chi connectivity index (χ4v) is 3.44. The number of aromatic nitrogens is 1. The van der Waals surface area contributed by atoms with Crippen LogP contribution in [0.5, 0.6) is 11.5 Å². The molecule has 0 spiro atoms. The summed E-state index contributed by atoms with van der Waals surface area (Å²) < 4.78 is 50.6. The third-order valence-electron chi connectivity index (χ3n) is 4.95. The molecule has 0 saturated carbocycles. The topological polar surface area (TPSA) is 31.4 Å². The number of rotatable bonds is 3. The van der Waals surface area contributed by atoms with E-state index >= 15 is 0 Å². The summed E-state index contributed by atoms with van der Waals surface area (Å²) in [5, 5.41) is 2.14. The highest BCUT2D eigenvalue weighted by molar-refractivity contribution is 6.12. The minimum absolute atomic E-state index is 0.273. The van der Waals surface area contributed by atoms with Gasteiger partial charge in [-0.3, -0.25) is 0 Å². The molecule has 0 saturated heterocycles. The molecule has 4 rings (SSSR count). The lowest BCUT2D eigenvalue weighted by atomic mass is 9.98. The van der Waals surface area contributed by atoms with Gasteiger partial charge in [-0.15, -0.1) is 0 Å². The van der Waals surface area contributed by atoms with Gasteiger partial charge >= 0.3 is 6.18 Å². The first-order valence-electron chi connectivity index (χ1n) is 8.95. The van der Waals surface area contributed by atoms with Gasteiger partial charge < -0.3 is 9.47 Å². The molecule has 0 unspecified atom stereocenters. The van der Waals surface area contributed by atoms with E-state index in [0.717, 1.165) is 34.0 Å². The van der Waals surface area contributed by atoms with Gasteiger partial charge in [-0.25, -0.2) is 4.98 Å². The van der Waals surface area contributed by atoms with E-state index in [-0.39, 0.29) is 5.52 Å². The SMILES string of the molecule is COc1cc2c(-c3ccc(C)cc3)nc3cc(C(F)(F)F)ccc3c2cc1OC. The number of nitrogens with zero attached hydrogens (tertiary/aromatic N) is 1. The number of hydrogen-bond acceptors (Lipinski definition) is 3. The first-order chi connectivity index (χ1) is 13.8. The zero-order valence-corrected chi connectivity index (χ0v) is 16.1. The average Bonchev–Trinajstić information content (AvgIpc) is 2.71. The van der Waals surface area contributed by atoms with E-state index in [9.17, 15) is 13.2 Å². The normalized spacial score (nSPS) is 11.8. The monoisotopic (exact) mass is 397 g/mol. The van der Waals surface area contributed by atoms with Crippen LogP contribution in [-0.2, 0) is 6.18 Å². The van der Waals surface area contributed by atoms with Crippen molar-refractivity contribution in [3.8, 4) is 22.8 Å². The van der Waals surface area contributed by atoms with Crippen LogP contribution in [0.4, 0.5) is 13.2 Å². The van der Waals surface area contributed by atoms with E-state index in [1.807, 2.05) is 37.3 Å². The van der Waals surface area contributed by atoms with Crippen molar-refractivity contribution in [3.63, 3.8) is 0 Å². The highest BCUT2D eigenvalue weighted by Crippen LogP contribution is 2.40. The highest BCUT2D eigenvalue weighted by atomic mass is 19.4. The van der Waals surface area contributed by atoms with Crippen LogP contribution in [0, 0.1) is 6.92 Å². The van der Waals surface area contributed by atoms with Crippen LogP contribution in [0.15, 0.2) is 54.6 Å². The van der Waals surface area contributed by atoms with Crippen LogP contribution in [0.25, 0.3) is 32.9 Å². The molecule has 0 N–H and O–H groups in total. The number of alkyl halides is 3. The van der Waals surface area contributed by atoms with Crippen molar-refractivity contribution in [2.45, 2.75) is 13.1 Å². The fraction of sp³-hybridized carbons (Fsp3) is 0.174. The largest absolute Gasteiger partial charge is 0.493 e. The predicted molar refractivity (Wildman–Crippen MR) is 108 cm³/mol. The zero-order chi connectivity index (χ0) is 20.8. The summed E-state index contributed by atoms with van der Waals surface area (Å²) in [5.41, 5.74) is 2.03. The molecular formula is C23H18F3NO2. The smallest absolute Gasteiger partial charge is 0.416 e. The molecule has 3 nitrogen and oxygen atoms in total. The Morgan fingerprint density at radius 2 is 1.38 bits per heavy atom. The van der Waals surface area contributed by atoms with E-state index in [0.29, 0.717) is 22.6 Å². The summed E-state index contributed by atoms with van der Waals surface area (Å²) in [5.74, 6) is 1.03. The molecule has 0 aliphatic rings. The molecule has 1 aromatic heterocycles. The van der Waals surface area contributed by atoms with Crippen LogP contribution in [0.2, 0.25) is 0 Å². The Balaban J connectivity index is 2.12. The van der Waals surface area contributed by atoms with Crippen molar-refractivity contribution in [2.24, 2.45) is 0 Å². The van der Waals surface area contributed by atoms with Crippen LogP contribution in [-0.4, -0.2) is 19.2 Å². The molecular weight excluding hydrogens is 379 g/mol. The van der Waals surface area contributed by atoms with E-state index in [1.54, 1.807) is 13.2 Å². The minimum Gasteiger partial charge on any atom is -0.493 e. The molecule has 1 heterocycles. The first kappa shape index (κ1) is 19.1. The number of methoxy groups -OCH3 is 2. The highest BCUT2D eigenvalue weighted by Gasteiger charge is 2.31. The zero-order valence-electron chi connectivity index (χ0n) is 16.1. The second kappa shape index (κ2) is 6.95. The number of ether oxygens (including phenoxy) is 2. The number of hydrogen-bond donors (Lipinski definition) is 0. The molecule has 148 valence electrons. The second-order valence-corrected chi connectivity index (χ2v) is 6.81. The van der Waals surface area contributed by atoms with Gasteiger partial charge in [-0.05, 0) is 36.6 Å². The number of benzene rings is 3. The summed E-state index contributed by atoms with van der Waals surface area (Å²) >= 11 is 0. The molecule has 0 fully saturated rings. The number of fused-ring (bicyclic) bond motifs is 3. The number of halogens is 3. The van der Waals surface area contributed by atoms with Crippen molar-refractivity contribution in [1.82, 2.24) is 4.98 Å². The Morgan fingerprint density at radius 3 is 1.97 bits per heavy atom. The van der Waals surface area contributed by atoms with Gasteiger partial charge in [0.2, 0.25) is 0 Å². The summed E-state index contributed by atoms with van der Waals surface area (Å²) in [7, 11) is 3.06. The van der Waals surface area contributed by atoms with Gasteiger partial charge in [-0.1, -0.05) is 35.9 Å². The Morgan fingerprint density at radius 1 is 0.759 bits per heavy atom. The Hall–Kier alpha value is -3.28. The predicted octanol–water partition coefficient (Wildman–Crippen LogP) is 6.40. The van der Waals surface area contributed by atoms with Gasteiger partial charge in [0.15, 0.2) is 11.5 Å². The average molecular weight is 397 g/mol. The molecule has 0 bridgehead atoms. The molecule has 0 amide bonds. The summed E-state index contributed by atoms with van der Waals surface area (Å²) in [6.45, 7) is 1.97. The Labute approximate surface area is 165 Å². The van der Waals surface area contributed by atoms with Crippen LogP contribution in [0.1, 0.15) is 11.1 Å². The standard InChI is InChI=1S/C23H18F3NO2/c1-13-4-6-14(7-5-13)22-18-12-21(29-3)20(28-2)11-17(18)16-9-8-15(23(24,25)26)10-19(16)27-22/h4-12H,1-3H3. The van der Waals surface area contributed by atoms with Gasteiger partial charge in [0, 0.05) is 16.3 Å². The molecule has 29 heavy (non-hydrogen) atoms. The van der Waals surface area contributed by atoms with Gasteiger partial charge in [-0.2, -0.15) is 13.2 Å². The number of pyridine rings is 1. The van der Waals surface area contributed by atoms with Gasteiger partial charge in [0.25, 0.3) is 0 Å². The van der Waals surface area contributed by atoms with Crippen molar-refractivity contribution < 1.29 is 22.6 Å². The first-order valence-corrected chi connectivity index (χ1v) is 8.95. The van der Waals surface area contributed by atoms with E-state index < -0.39 is 11.7 Å². The van der Waals surface area contributed by atoms with Crippen molar-refractivity contribution in [2.75, 3.05) is 14.2 Å². The molecule has 4 aromatic rings. The molecule has 3 aromatic carbocycles. The second-order valence-electron chi connectivity index (χ2n) is 6.81. The molecule has 0 atom stereocenters.